The van der Waals surface area contributed by atoms with Crippen LogP contribution in [0.5, 0.6) is 0 Å². The number of carboxylic acid groups (broad SMARTS) is 1. The van der Waals surface area contributed by atoms with Gasteiger partial charge in [-0.25, -0.2) is 9.00 Å². The molecule has 2 N–H and O–H groups in total. The predicted molar refractivity (Wildman–Crippen MR) is 53.4 cm³/mol. The molecule has 9 heteroatoms. The minimum atomic E-state index is -2.86. The van der Waals surface area contributed by atoms with E-state index in [4.69, 9.17) is 30.0 Å². The van der Waals surface area contributed by atoms with Crippen molar-refractivity contribution < 1.29 is 57.6 Å². The first-order valence-electron chi connectivity index (χ1n) is 4.02. The Labute approximate surface area is 123 Å². The van der Waals surface area contributed by atoms with Gasteiger partial charge in [0.25, 0.3) is 0 Å². The van der Waals surface area contributed by atoms with Gasteiger partial charge in [-0.15, -0.1) is 11.6 Å². The van der Waals surface area contributed by atoms with Gasteiger partial charge in [0.15, 0.2) is 0 Å². The van der Waals surface area contributed by atoms with Crippen molar-refractivity contribution in [3.05, 3.63) is 0 Å². The van der Waals surface area contributed by atoms with Crippen LogP contribution in [0.3, 0.4) is 0 Å². The number of carboxylic acids is 1. The number of carbonyl (C=O) groups excluding carboxylic acids is 1. The van der Waals surface area contributed by atoms with Gasteiger partial charge in [-0.3, -0.25) is 4.79 Å². The molecule has 0 heterocycles. The Balaban J connectivity index is -0.000000292. The third-order valence-electron chi connectivity index (χ3n) is 1.28. The summed E-state index contributed by atoms with van der Waals surface area (Å²) in [5.41, 5.74) is 0. The summed E-state index contributed by atoms with van der Waals surface area (Å²) < 4.78 is 24.1. The van der Waals surface area contributed by atoms with E-state index in [1.165, 1.54) is 0 Å². The molecule has 0 bridgehead atoms. The number of rotatable bonds is 6. The van der Waals surface area contributed by atoms with E-state index in [0.29, 0.717) is 12.3 Å². The first kappa shape index (κ1) is 21.8. The molecule has 0 aliphatic rings. The molecule has 0 aliphatic heterocycles. The molecule has 0 fully saturated rings. The van der Waals surface area contributed by atoms with Crippen LogP contribution >= 0.6 is 11.6 Å². The van der Waals surface area contributed by atoms with Crippen LogP contribution in [0.2, 0.25) is 0 Å². The predicted octanol–water partition coefficient (Wildman–Crippen LogP) is -2.22. The zero-order valence-corrected chi connectivity index (χ0v) is 12.4. The second kappa shape index (κ2) is 15.5. The third kappa shape index (κ3) is 24.0. The Morgan fingerprint density at radius 3 is 2.00 bits per heavy atom. The van der Waals surface area contributed by atoms with E-state index in [-0.39, 0.29) is 36.0 Å². The molecular formula is C7H12ClNaO6S. The van der Waals surface area contributed by atoms with Crippen LogP contribution in [0, 0.1) is 0 Å². The Kier molecular flexibility index (Phi) is 21.1. The second-order valence-corrected chi connectivity index (χ2v) is 3.26. The standard InChI is InChI=1S/C7H11ClO3.Na.H2O3S/c8-5-3-1-2-4-6(9)7(10)11;;1-4(2)3/h1-5H2,(H,10,11);;(H2,1,2,3)/q;+1;/p-1. The molecule has 0 aliphatic carbocycles. The number of ketones is 1. The number of alkyl halides is 1. The smallest absolute Gasteiger partial charge is 0.750 e. The molecule has 0 amide bonds. The summed E-state index contributed by atoms with van der Waals surface area (Å²) in [6, 6.07) is 0. The quantitative estimate of drug-likeness (QED) is 0.187. The molecule has 1 unspecified atom stereocenters. The molecule has 90 valence electrons. The Hall–Kier alpha value is 0.500. The van der Waals surface area contributed by atoms with Crippen molar-refractivity contribution in [2.24, 2.45) is 0 Å². The molecule has 0 radical (unpaired) electrons. The van der Waals surface area contributed by atoms with Crippen LogP contribution < -0.4 is 29.6 Å². The Morgan fingerprint density at radius 2 is 1.69 bits per heavy atom. The van der Waals surface area contributed by atoms with Crippen molar-refractivity contribution in [3.63, 3.8) is 0 Å². The van der Waals surface area contributed by atoms with Gasteiger partial charge in [0, 0.05) is 12.3 Å². The fourth-order valence-corrected chi connectivity index (χ4v) is 0.853. The molecule has 6 nitrogen and oxygen atoms in total. The van der Waals surface area contributed by atoms with Crippen LogP contribution in [0.25, 0.3) is 0 Å². The van der Waals surface area contributed by atoms with Gasteiger partial charge in [-0.05, 0) is 12.8 Å². The summed E-state index contributed by atoms with van der Waals surface area (Å²) in [4.78, 5) is 20.5. The van der Waals surface area contributed by atoms with Crippen LogP contribution in [-0.4, -0.2) is 36.1 Å². The van der Waals surface area contributed by atoms with Crippen LogP contribution in [-0.2, 0) is 21.0 Å². The summed E-state index contributed by atoms with van der Waals surface area (Å²) in [5, 5.41) is 8.16. The van der Waals surface area contributed by atoms with Gasteiger partial charge in [-0.2, -0.15) is 0 Å². The third-order valence-corrected chi connectivity index (χ3v) is 1.54. The number of hydrogen-bond donors (Lipinski definition) is 2. The SMILES string of the molecule is O=C(O)C(=O)CCCCCCl.O=S([O-])O.[Na+]. The Morgan fingerprint density at radius 1 is 1.25 bits per heavy atom. The molecule has 0 aromatic rings. The van der Waals surface area contributed by atoms with Crippen molar-refractivity contribution in [1.29, 1.82) is 0 Å². The molecule has 0 saturated carbocycles. The van der Waals surface area contributed by atoms with Crippen molar-refractivity contribution in [2.75, 3.05) is 5.88 Å². The van der Waals surface area contributed by atoms with E-state index in [1.54, 1.807) is 0 Å². The molecule has 16 heavy (non-hydrogen) atoms. The van der Waals surface area contributed by atoms with Gasteiger partial charge in [0.05, 0.1) is 11.4 Å². The molecular weight excluding hydrogens is 271 g/mol. The van der Waals surface area contributed by atoms with Gasteiger partial charge in [-0.1, -0.05) is 6.42 Å². The minimum absolute atomic E-state index is 0. The van der Waals surface area contributed by atoms with E-state index < -0.39 is 23.1 Å². The monoisotopic (exact) mass is 282 g/mol. The van der Waals surface area contributed by atoms with E-state index in [9.17, 15) is 9.59 Å². The van der Waals surface area contributed by atoms with Crippen molar-refractivity contribution >= 4 is 34.7 Å². The van der Waals surface area contributed by atoms with Gasteiger partial charge >= 0.3 is 35.5 Å². The maximum Gasteiger partial charge on any atom is 1.00 e. The largest absolute Gasteiger partial charge is 1.00 e. The molecule has 0 aromatic heterocycles. The first-order chi connectivity index (χ1) is 6.91. The zero-order chi connectivity index (χ0) is 12.3. The van der Waals surface area contributed by atoms with Gasteiger partial charge < -0.3 is 14.2 Å². The second-order valence-electron chi connectivity index (χ2n) is 2.45. The normalized spacial score (nSPS) is 10.4. The van der Waals surface area contributed by atoms with Crippen LogP contribution in [0.15, 0.2) is 0 Å². The fourth-order valence-electron chi connectivity index (χ4n) is 0.664. The maximum absolute atomic E-state index is 10.5. The van der Waals surface area contributed by atoms with E-state index in [0.717, 1.165) is 12.8 Å². The van der Waals surface area contributed by atoms with Crippen LogP contribution in [0.4, 0.5) is 0 Å². The summed E-state index contributed by atoms with van der Waals surface area (Å²) in [7, 11) is 0. The summed E-state index contributed by atoms with van der Waals surface area (Å²) in [6.45, 7) is 0. The number of hydrogen-bond acceptors (Lipinski definition) is 4. The zero-order valence-electron chi connectivity index (χ0n) is 8.85. The molecule has 0 aromatic carbocycles. The van der Waals surface area contributed by atoms with E-state index >= 15 is 0 Å². The molecule has 0 saturated heterocycles. The molecule has 0 rings (SSSR count). The average Bonchev–Trinajstić information content (AvgIpc) is 2.11. The van der Waals surface area contributed by atoms with Crippen molar-refractivity contribution in [3.8, 4) is 0 Å². The number of Topliss-reactive ketones (excluding diaryl/α,β-unsaturated/α-hetero) is 1. The summed E-state index contributed by atoms with van der Waals surface area (Å²) >= 11 is 2.52. The van der Waals surface area contributed by atoms with Gasteiger partial charge in [0.1, 0.15) is 0 Å². The first-order valence-corrected chi connectivity index (χ1v) is 5.58. The maximum atomic E-state index is 10.5. The molecule has 1 atom stereocenters. The van der Waals surface area contributed by atoms with Crippen molar-refractivity contribution in [2.45, 2.75) is 25.7 Å². The van der Waals surface area contributed by atoms with Gasteiger partial charge in [0.2, 0.25) is 5.78 Å². The van der Waals surface area contributed by atoms with Crippen LogP contribution in [0.1, 0.15) is 25.7 Å². The number of carbonyl (C=O) groups is 2. The summed E-state index contributed by atoms with van der Waals surface area (Å²) in [6.07, 6.45) is 2.42. The minimum Gasteiger partial charge on any atom is -0.750 e. The topological polar surface area (TPSA) is 115 Å². The van der Waals surface area contributed by atoms with E-state index in [1.807, 2.05) is 0 Å². The van der Waals surface area contributed by atoms with Crippen molar-refractivity contribution in [1.82, 2.24) is 0 Å². The number of aliphatic carboxylic acids is 1. The van der Waals surface area contributed by atoms with E-state index in [2.05, 4.69) is 0 Å². The number of halogens is 1. The average molecular weight is 283 g/mol. The Bertz CT molecular complexity index is 221. The number of unbranched alkanes of at least 4 members (excludes halogenated alkanes) is 2. The fraction of sp³-hybridized carbons (Fsp3) is 0.714. The molecule has 0 spiro atoms. The summed E-state index contributed by atoms with van der Waals surface area (Å²) in [5.74, 6) is -1.48.